The summed E-state index contributed by atoms with van der Waals surface area (Å²) in [5, 5.41) is 1.22. The van der Waals surface area contributed by atoms with Gasteiger partial charge in [0.15, 0.2) is 0 Å². The minimum absolute atomic E-state index is 0.504. The third-order valence-corrected chi connectivity index (χ3v) is 3.19. The summed E-state index contributed by atoms with van der Waals surface area (Å²) in [6.45, 7) is 5.09. The highest BCUT2D eigenvalue weighted by Crippen LogP contribution is 2.33. The van der Waals surface area contributed by atoms with Gasteiger partial charge in [-0.15, -0.1) is 0 Å². The van der Waals surface area contributed by atoms with Crippen molar-refractivity contribution < 1.29 is 0 Å². The Morgan fingerprint density at radius 1 is 1.33 bits per heavy atom. The molecule has 96 valence electrons. The van der Waals surface area contributed by atoms with Crippen LogP contribution in [0.25, 0.3) is 11.3 Å². The average molecular weight is 284 g/mol. The molecule has 1 heterocycles. The molecule has 5 heteroatoms. The van der Waals surface area contributed by atoms with E-state index in [0.29, 0.717) is 27.5 Å². The summed E-state index contributed by atoms with van der Waals surface area (Å²) in [5.74, 6) is 1.12. The molecule has 0 aliphatic carbocycles. The fourth-order valence-electron chi connectivity index (χ4n) is 1.82. The Kier molecular flexibility index (Phi) is 3.83. The fourth-order valence-corrected chi connectivity index (χ4v) is 2.20. The number of rotatable bonds is 3. The van der Waals surface area contributed by atoms with Crippen molar-refractivity contribution in [3.8, 4) is 11.3 Å². The Hall–Kier alpha value is -1.19. The molecule has 0 fully saturated rings. The van der Waals surface area contributed by atoms with E-state index in [9.17, 15) is 0 Å². The number of hydrogen-bond acceptors (Lipinski definition) is 2. The predicted molar refractivity (Wildman–Crippen MR) is 76.9 cm³/mol. The lowest BCUT2D eigenvalue weighted by Crippen LogP contribution is -2.06. The number of halogens is 2. The molecular formula is C13H15Cl2N3. The number of nitrogens with two attached hydrogens (primary N) is 1. The first-order chi connectivity index (χ1) is 8.49. The van der Waals surface area contributed by atoms with E-state index in [-0.39, 0.29) is 0 Å². The lowest BCUT2D eigenvalue weighted by atomic mass is 10.1. The van der Waals surface area contributed by atoms with E-state index >= 15 is 0 Å². The molecule has 1 aromatic carbocycles. The van der Waals surface area contributed by atoms with Gasteiger partial charge in [0.25, 0.3) is 0 Å². The molecule has 0 unspecified atom stereocenters. The number of benzene rings is 1. The zero-order valence-electron chi connectivity index (χ0n) is 10.3. The molecule has 0 radical (unpaired) electrons. The van der Waals surface area contributed by atoms with Crippen molar-refractivity contribution in [1.82, 2.24) is 9.55 Å². The first kappa shape index (κ1) is 13.2. The second-order valence-corrected chi connectivity index (χ2v) is 5.49. The van der Waals surface area contributed by atoms with Crippen molar-refractivity contribution in [2.24, 2.45) is 5.92 Å². The van der Waals surface area contributed by atoms with E-state index in [2.05, 4.69) is 18.8 Å². The molecule has 18 heavy (non-hydrogen) atoms. The molecule has 2 N–H and O–H groups in total. The molecule has 0 amide bonds. The minimum Gasteiger partial charge on any atom is -0.383 e. The van der Waals surface area contributed by atoms with Gasteiger partial charge < -0.3 is 10.3 Å². The highest BCUT2D eigenvalue weighted by Gasteiger charge is 2.13. The Labute approximate surface area is 117 Å². The van der Waals surface area contributed by atoms with E-state index in [1.807, 2.05) is 4.57 Å². The number of imidazole rings is 1. The maximum atomic E-state index is 6.15. The number of nitrogen functional groups attached to an aromatic ring is 1. The van der Waals surface area contributed by atoms with Crippen LogP contribution >= 0.6 is 23.2 Å². The molecule has 3 nitrogen and oxygen atoms in total. The van der Waals surface area contributed by atoms with Crippen LogP contribution in [0.15, 0.2) is 24.5 Å². The summed E-state index contributed by atoms with van der Waals surface area (Å²) in [5.41, 5.74) is 7.55. The molecule has 2 rings (SSSR count). The summed E-state index contributed by atoms with van der Waals surface area (Å²) in [7, 11) is 0. The second kappa shape index (κ2) is 5.21. The first-order valence-electron chi connectivity index (χ1n) is 5.75. The van der Waals surface area contributed by atoms with E-state index < -0.39 is 0 Å². The summed E-state index contributed by atoms with van der Waals surface area (Å²) in [4.78, 5) is 4.34. The van der Waals surface area contributed by atoms with Crippen LogP contribution in [0.4, 0.5) is 5.82 Å². The van der Waals surface area contributed by atoms with Crippen LogP contribution in [0.5, 0.6) is 0 Å². The Bertz CT molecular complexity index is 561. The number of aromatic nitrogens is 2. The highest BCUT2D eigenvalue weighted by atomic mass is 35.5. The number of anilines is 1. The van der Waals surface area contributed by atoms with Crippen LogP contribution in [0.2, 0.25) is 10.0 Å². The van der Waals surface area contributed by atoms with Gasteiger partial charge in [0.05, 0.1) is 11.3 Å². The SMILES string of the molecule is CC(C)Cn1cnc(-c2cc(Cl)ccc2Cl)c1N. The molecular weight excluding hydrogens is 269 g/mol. The lowest BCUT2D eigenvalue weighted by Gasteiger charge is -2.09. The Morgan fingerprint density at radius 2 is 2.06 bits per heavy atom. The fraction of sp³-hybridized carbons (Fsp3) is 0.308. The third-order valence-electron chi connectivity index (χ3n) is 2.62. The lowest BCUT2D eigenvalue weighted by molar-refractivity contribution is 0.527. The van der Waals surface area contributed by atoms with Crippen molar-refractivity contribution in [1.29, 1.82) is 0 Å². The van der Waals surface area contributed by atoms with Gasteiger partial charge in [0, 0.05) is 17.1 Å². The number of nitrogens with zero attached hydrogens (tertiary/aromatic N) is 2. The van der Waals surface area contributed by atoms with E-state index in [4.69, 9.17) is 28.9 Å². The van der Waals surface area contributed by atoms with Gasteiger partial charge in [-0.3, -0.25) is 0 Å². The normalized spacial score (nSPS) is 11.2. The third kappa shape index (κ3) is 2.62. The summed E-state index contributed by atoms with van der Waals surface area (Å²) in [6, 6.07) is 5.27. The quantitative estimate of drug-likeness (QED) is 0.922. The van der Waals surface area contributed by atoms with Crippen molar-refractivity contribution in [2.45, 2.75) is 20.4 Å². The molecule has 0 saturated carbocycles. The van der Waals surface area contributed by atoms with Gasteiger partial charge in [-0.2, -0.15) is 0 Å². The van der Waals surface area contributed by atoms with Crippen LogP contribution in [-0.4, -0.2) is 9.55 Å². The summed E-state index contributed by atoms with van der Waals surface area (Å²) in [6.07, 6.45) is 1.74. The van der Waals surface area contributed by atoms with Gasteiger partial charge >= 0.3 is 0 Å². The molecule has 1 aromatic heterocycles. The van der Waals surface area contributed by atoms with E-state index in [1.54, 1.807) is 24.5 Å². The van der Waals surface area contributed by atoms with Crippen molar-refractivity contribution in [2.75, 3.05) is 5.73 Å². The van der Waals surface area contributed by atoms with Gasteiger partial charge in [-0.1, -0.05) is 37.0 Å². The molecule has 0 atom stereocenters. The van der Waals surface area contributed by atoms with Crippen LogP contribution in [0.1, 0.15) is 13.8 Å². The van der Waals surface area contributed by atoms with E-state index in [0.717, 1.165) is 12.1 Å². The number of hydrogen-bond donors (Lipinski definition) is 1. The second-order valence-electron chi connectivity index (χ2n) is 4.65. The zero-order chi connectivity index (χ0) is 13.3. The van der Waals surface area contributed by atoms with Crippen molar-refractivity contribution in [3.63, 3.8) is 0 Å². The predicted octanol–water partition coefficient (Wildman–Crippen LogP) is 4.10. The molecule has 0 aliphatic rings. The van der Waals surface area contributed by atoms with Gasteiger partial charge in [-0.25, -0.2) is 4.98 Å². The molecule has 0 spiro atoms. The Balaban J connectivity index is 2.45. The molecule has 0 bridgehead atoms. The van der Waals surface area contributed by atoms with Gasteiger partial charge in [0.2, 0.25) is 0 Å². The molecule has 2 aromatic rings. The molecule has 0 aliphatic heterocycles. The van der Waals surface area contributed by atoms with Gasteiger partial charge in [-0.05, 0) is 24.1 Å². The van der Waals surface area contributed by atoms with Crippen molar-refractivity contribution >= 4 is 29.0 Å². The monoisotopic (exact) mass is 283 g/mol. The maximum absolute atomic E-state index is 6.15. The van der Waals surface area contributed by atoms with Gasteiger partial charge in [0.1, 0.15) is 11.5 Å². The first-order valence-corrected chi connectivity index (χ1v) is 6.50. The highest BCUT2D eigenvalue weighted by molar-refractivity contribution is 6.35. The largest absolute Gasteiger partial charge is 0.383 e. The smallest absolute Gasteiger partial charge is 0.131 e. The Morgan fingerprint density at radius 3 is 2.72 bits per heavy atom. The zero-order valence-corrected chi connectivity index (χ0v) is 11.8. The van der Waals surface area contributed by atoms with Crippen LogP contribution in [0.3, 0.4) is 0 Å². The maximum Gasteiger partial charge on any atom is 0.131 e. The van der Waals surface area contributed by atoms with Crippen molar-refractivity contribution in [3.05, 3.63) is 34.6 Å². The van der Waals surface area contributed by atoms with Crippen LogP contribution in [-0.2, 0) is 6.54 Å². The average Bonchev–Trinajstić information content (AvgIpc) is 2.64. The van der Waals surface area contributed by atoms with E-state index in [1.165, 1.54) is 0 Å². The van der Waals surface area contributed by atoms with Crippen LogP contribution in [0, 0.1) is 5.92 Å². The minimum atomic E-state index is 0.504. The summed E-state index contributed by atoms with van der Waals surface area (Å²) >= 11 is 12.1. The standard InChI is InChI=1S/C13H15Cl2N3/c1-8(2)6-18-7-17-12(13(18)16)10-5-9(14)3-4-11(10)15/h3-5,7-8H,6,16H2,1-2H3. The topological polar surface area (TPSA) is 43.8 Å². The van der Waals surface area contributed by atoms with Crippen LogP contribution < -0.4 is 5.73 Å². The summed E-state index contributed by atoms with van der Waals surface area (Å²) < 4.78 is 1.93. The molecule has 0 saturated heterocycles.